The number of rotatable bonds is 9. The van der Waals surface area contributed by atoms with Gasteiger partial charge >= 0.3 is 12.1 Å². The van der Waals surface area contributed by atoms with Crippen LogP contribution in [0.2, 0.25) is 0 Å². The minimum absolute atomic E-state index is 0.00250. The van der Waals surface area contributed by atoms with Gasteiger partial charge in [-0.05, 0) is 23.6 Å². The zero-order valence-corrected chi connectivity index (χ0v) is 16.0. The largest absolute Gasteiger partial charge is 0.480 e. The minimum atomic E-state index is -1.34. The zero-order chi connectivity index (χ0) is 21.2. The molecule has 0 aromatic heterocycles. The maximum Gasteiger partial charge on any atom is 0.408 e. The van der Waals surface area contributed by atoms with Gasteiger partial charge in [0.15, 0.2) is 0 Å². The smallest absolute Gasteiger partial charge is 0.408 e. The maximum atomic E-state index is 12.4. The molecule has 2 atom stereocenters. The number of aryl methyl sites for hydroxylation is 1. The fourth-order valence-electron chi connectivity index (χ4n) is 2.63. The Hall–Kier alpha value is -3.39. The first-order valence-electron chi connectivity index (χ1n) is 9.06. The molecule has 0 unspecified atom stereocenters. The highest BCUT2D eigenvalue weighted by Crippen LogP contribution is 2.10. The van der Waals surface area contributed by atoms with Gasteiger partial charge in [0.1, 0.15) is 18.7 Å². The molecule has 0 bridgehead atoms. The number of carboxylic acid groups (broad SMARTS) is 1. The van der Waals surface area contributed by atoms with Gasteiger partial charge in [-0.1, -0.05) is 54.6 Å². The lowest BCUT2D eigenvalue weighted by molar-refractivity contribution is -0.142. The van der Waals surface area contributed by atoms with Gasteiger partial charge in [-0.15, -0.1) is 0 Å². The summed E-state index contributed by atoms with van der Waals surface area (Å²) in [5.41, 5.74) is 2.43. The number of aliphatic hydroxyl groups excluding tert-OH is 1. The highest BCUT2D eigenvalue weighted by molar-refractivity contribution is 5.89. The van der Waals surface area contributed by atoms with Crippen molar-refractivity contribution in [2.45, 2.75) is 32.0 Å². The minimum Gasteiger partial charge on any atom is -0.480 e. The summed E-state index contributed by atoms with van der Waals surface area (Å²) in [5.74, 6) is -2.03. The number of carbonyl (C=O) groups excluding carboxylic acids is 2. The number of carbonyl (C=O) groups is 3. The number of aliphatic carboxylic acids is 1. The number of carboxylic acids is 1. The fourth-order valence-corrected chi connectivity index (χ4v) is 2.63. The highest BCUT2D eigenvalue weighted by atomic mass is 16.5. The van der Waals surface area contributed by atoms with Crippen molar-refractivity contribution >= 4 is 18.0 Å². The SMILES string of the molecule is Cc1ccccc1C[C@H](NC(=O)[C@H](CO)NC(=O)OCc1ccccc1)C(=O)O. The highest BCUT2D eigenvalue weighted by Gasteiger charge is 2.27. The van der Waals surface area contributed by atoms with E-state index in [2.05, 4.69) is 10.6 Å². The van der Waals surface area contributed by atoms with Crippen LogP contribution in [0.25, 0.3) is 0 Å². The van der Waals surface area contributed by atoms with Crippen LogP contribution in [-0.4, -0.2) is 46.9 Å². The van der Waals surface area contributed by atoms with E-state index in [0.717, 1.165) is 16.7 Å². The summed E-state index contributed by atoms with van der Waals surface area (Å²) in [6, 6.07) is 13.6. The van der Waals surface area contributed by atoms with Gasteiger partial charge in [-0.2, -0.15) is 0 Å². The predicted molar refractivity (Wildman–Crippen MR) is 105 cm³/mol. The number of ether oxygens (including phenoxy) is 1. The van der Waals surface area contributed by atoms with Gasteiger partial charge in [0.05, 0.1) is 6.61 Å². The van der Waals surface area contributed by atoms with E-state index in [1.165, 1.54) is 0 Å². The Kier molecular flexibility index (Phi) is 8.17. The first-order chi connectivity index (χ1) is 13.9. The Labute approximate surface area is 168 Å². The molecule has 0 saturated carbocycles. The molecule has 29 heavy (non-hydrogen) atoms. The van der Waals surface area contributed by atoms with Gasteiger partial charge in [-0.3, -0.25) is 4.79 Å². The van der Waals surface area contributed by atoms with Gasteiger partial charge in [0.25, 0.3) is 0 Å². The second-order valence-corrected chi connectivity index (χ2v) is 6.47. The molecule has 0 aliphatic carbocycles. The Morgan fingerprint density at radius 2 is 1.62 bits per heavy atom. The van der Waals surface area contributed by atoms with E-state index in [4.69, 9.17) is 4.74 Å². The van der Waals surface area contributed by atoms with E-state index in [-0.39, 0.29) is 13.0 Å². The van der Waals surface area contributed by atoms with Crippen LogP contribution in [0.4, 0.5) is 4.79 Å². The standard InChI is InChI=1S/C21H24N2O6/c1-14-7-5-6-10-16(14)11-17(20(26)27)22-19(25)18(12-24)23-21(28)29-13-15-8-3-2-4-9-15/h2-10,17-18,24H,11-13H2,1H3,(H,22,25)(H,23,28)(H,26,27)/t17-,18-/m0/s1. The Balaban J connectivity index is 1.93. The van der Waals surface area contributed by atoms with Crippen molar-refractivity contribution in [1.82, 2.24) is 10.6 Å². The molecule has 2 aromatic carbocycles. The summed E-state index contributed by atoms with van der Waals surface area (Å²) >= 11 is 0. The second-order valence-electron chi connectivity index (χ2n) is 6.47. The Bertz CT molecular complexity index is 840. The monoisotopic (exact) mass is 400 g/mol. The number of hydrogen-bond acceptors (Lipinski definition) is 5. The molecule has 0 spiro atoms. The molecule has 0 fully saturated rings. The van der Waals surface area contributed by atoms with Crippen molar-refractivity contribution in [2.75, 3.05) is 6.61 Å². The lowest BCUT2D eigenvalue weighted by atomic mass is 10.0. The molecule has 0 heterocycles. The zero-order valence-electron chi connectivity index (χ0n) is 16.0. The third kappa shape index (κ3) is 6.93. The summed E-state index contributed by atoms with van der Waals surface area (Å²) in [6.07, 6.45) is -0.821. The molecule has 0 radical (unpaired) electrons. The Morgan fingerprint density at radius 1 is 0.966 bits per heavy atom. The summed E-state index contributed by atoms with van der Waals surface area (Å²) in [7, 11) is 0. The van der Waals surface area contributed by atoms with Crippen LogP contribution in [0.5, 0.6) is 0 Å². The molecule has 2 rings (SSSR count). The van der Waals surface area contributed by atoms with E-state index < -0.39 is 36.7 Å². The quantitative estimate of drug-likeness (QED) is 0.504. The van der Waals surface area contributed by atoms with Crippen LogP contribution >= 0.6 is 0 Å². The normalized spacial score (nSPS) is 12.5. The Morgan fingerprint density at radius 3 is 2.24 bits per heavy atom. The van der Waals surface area contributed by atoms with Crippen LogP contribution in [0.3, 0.4) is 0 Å². The molecule has 0 saturated heterocycles. The van der Waals surface area contributed by atoms with Crippen molar-refractivity contribution in [3.63, 3.8) is 0 Å². The topological polar surface area (TPSA) is 125 Å². The summed E-state index contributed by atoms with van der Waals surface area (Å²) in [4.78, 5) is 35.8. The number of amides is 2. The molecule has 2 aromatic rings. The predicted octanol–water partition coefficient (Wildman–Crippen LogP) is 1.39. The van der Waals surface area contributed by atoms with E-state index in [1.807, 2.05) is 25.1 Å². The number of nitrogens with one attached hydrogen (secondary N) is 2. The molecular formula is C21H24N2O6. The van der Waals surface area contributed by atoms with Crippen LogP contribution in [0.15, 0.2) is 54.6 Å². The third-order valence-electron chi connectivity index (χ3n) is 4.30. The van der Waals surface area contributed by atoms with Crippen LogP contribution in [-0.2, 0) is 27.4 Å². The van der Waals surface area contributed by atoms with Crippen LogP contribution in [0, 0.1) is 6.92 Å². The fraction of sp³-hybridized carbons (Fsp3) is 0.286. The molecule has 0 aliphatic rings. The molecule has 8 heteroatoms. The molecule has 8 nitrogen and oxygen atoms in total. The summed E-state index contributed by atoms with van der Waals surface area (Å²) in [6.45, 7) is 1.14. The van der Waals surface area contributed by atoms with Gasteiger partial charge in [0, 0.05) is 6.42 Å². The van der Waals surface area contributed by atoms with Gasteiger partial charge in [0.2, 0.25) is 5.91 Å². The van der Waals surface area contributed by atoms with E-state index in [0.29, 0.717) is 0 Å². The van der Waals surface area contributed by atoms with Crippen molar-refractivity contribution in [3.05, 3.63) is 71.3 Å². The lowest BCUT2D eigenvalue weighted by Crippen LogP contribution is -2.53. The second kappa shape index (κ2) is 10.8. The first-order valence-corrected chi connectivity index (χ1v) is 9.06. The molecule has 2 amide bonds. The maximum absolute atomic E-state index is 12.4. The third-order valence-corrected chi connectivity index (χ3v) is 4.30. The van der Waals surface area contributed by atoms with E-state index in [9.17, 15) is 24.6 Å². The number of benzene rings is 2. The number of aliphatic hydroxyl groups is 1. The van der Waals surface area contributed by atoms with Crippen molar-refractivity contribution < 1.29 is 29.3 Å². The van der Waals surface area contributed by atoms with Crippen LogP contribution < -0.4 is 10.6 Å². The number of hydrogen-bond donors (Lipinski definition) is 4. The van der Waals surface area contributed by atoms with Crippen molar-refractivity contribution in [2.24, 2.45) is 0 Å². The first kappa shape index (κ1) is 21.9. The average molecular weight is 400 g/mol. The molecular weight excluding hydrogens is 376 g/mol. The summed E-state index contributed by atoms with van der Waals surface area (Å²) < 4.78 is 5.02. The van der Waals surface area contributed by atoms with Gasteiger partial charge < -0.3 is 25.6 Å². The van der Waals surface area contributed by atoms with Gasteiger partial charge in [-0.25, -0.2) is 9.59 Å². The molecule has 154 valence electrons. The van der Waals surface area contributed by atoms with E-state index >= 15 is 0 Å². The van der Waals surface area contributed by atoms with Crippen molar-refractivity contribution in [3.8, 4) is 0 Å². The van der Waals surface area contributed by atoms with E-state index in [1.54, 1.807) is 36.4 Å². The average Bonchev–Trinajstić information content (AvgIpc) is 2.72. The molecule has 4 N–H and O–H groups in total. The number of alkyl carbamates (subject to hydrolysis) is 1. The molecule has 0 aliphatic heterocycles. The summed E-state index contributed by atoms with van der Waals surface area (Å²) in [5, 5.41) is 23.5. The van der Waals surface area contributed by atoms with Crippen molar-refractivity contribution in [1.29, 1.82) is 0 Å². The lowest BCUT2D eigenvalue weighted by Gasteiger charge is -2.20. The van der Waals surface area contributed by atoms with Crippen LogP contribution in [0.1, 0.15) is 16.7 Å².